The molecule has 0 atom stereocenters. The molecule has 4 aromatic rings. The number of aryl methyl sites for hydroxylation is 1. The molecule has 5 nitrogen and oxygen atoms in total. The number of para-hydroxylation sites is 2. The summed E-state index contributed by atoms with van der Waals surface area (Å²) in [5.74, 6) is 0.277. The first kappa shape index (κ1) is 14.9. The fourth-order valence-electron chi connectivity index (χ4n) is 3.01. The third-order valence-corrected chi connectivity index (χ3v) is 4.22. The number of fused-ring (bicyclic) bond motifs is 2. The van der Waals surface area contributed by atoms with E-state index in [1.54, 1.807) is 24.3 Å². The highest BCUT2D eigenvalue weighted by molar-refractivity contribution is 5.97. The van der Waals surface area contributed by atoms with Crippen LogP contribution in [0, 0.1) is 11.3 Å². The van der Waals surface area contributed by atoms with Crippen LogP contribution in [0.15, 0.2) is 59.5 Å². The minimum absolute atomic E-state index is 0.250. The molecule has 0 radical (unpaired) electrons. The predicted molar refractivity (Wildman–Crippen MR) is 98.8 cm³/mol. The van der Waals surface area contributed by atoms with Crippen LogP contribution in [0.4, 0.5) is 0 Å². The van der Waals surface area contributed by atoms with E-state index in [0.29, 0.717) is 16.5 Å². The molecule has 1 N–H and O–H groups in total. The quantitative estimate of drug-likeness (QED) is 0.573. The van der Waals surface area contributed by atoms with Crippen LogP contribution < -0.4 is 5.56 Å². The van der Waals surface area contributed by atoms with Gasteiger partial charge >= 0.3 is 0 Å². The van der Waals surface area contributed by atoms with E-state index in [4.69, 9.17) is 0 Å². The van der Waals surface area contributed by atoms with E-state index in [-0.39, 0.29) is 11.4 Å². The molecule has 4 rings (SSSR count). The number of nitrogens with zero attached hydrogens (tertiary/aromatic N) is 3. The molecule has 0 fully saturated rings. The first-order valence-corrected chi connectivity index (χ1v) is 7.82. The van der Waals surface area contributed by atoms with Gasteiger partial charge in [-0.15, -0.1) is 0 Å². The van der Waals surface area contributed by atoms with Crippen LogP contribution in [-0.2, 0) is 7.05 Å². The molecule has 2 aromatic carbocycles. The van der Waals surface area contributed by atoms with E-state index in [9.17, 15) is 10.1 Å². The Labute approximate surface area is 143 Å². The van der Waals surface area contributed by atoms with Crippen LogP contribution in [0.25, 0.3) is 33.5 Å². The number of allylic oxidation sites excluding steroid dienone is 1. The van der Waals surface area contributed by atoms with Crippen LogP contribution in [0.5, 0.6) is 0 Å². The van der Waals surface area contributed by atoms with Crippen molar-refractivity contribution in [2.45, 2.75) is 0 Å². The zero-order chi connectivity index (χ0) is 17.4. The van der Waals surface area contributed by atoms with Gasteiger partial charge in [-0.1, -0.05) is 30.3 Å². The van der Waals surface area contributed by atoms with E-state index in [1.807, 2.05) is 48.1 Å². The first-order chi connectivity index (χ1) is 12.2. The Morgan fingerprint density at radius 1 is 1.16 bits per heavy atom. The minimum atomic E-state index is -0.250. The van der Waals surface area contributed by atoms with Gasteiger partial charge in [-0.2, -0.15) is 5.26 Å². The van der Waals surface area contributed by atoms with Gasteiger partial charge in [0.1, 0.15) is 6.07 Å². The van der Waals surface area contributed by atoms with Crippen molar-refractivity contribution in [3.63, 3.8) is 0 Å². The number of hydrogen-bond acceptors (Lipinski definition) is 3. The molecule has 0 amide bonds. The lowest BCUT2D eigenvalue weighted by atomic mass is 10.1. The maximum Gasteiger partial charge on any atom is 0.259 e. The molecular weight excluding hydrogens is 312 g/mol. The smallest absolute Gasteiger partial charge is 0.259 e. The predicted octanol–water partition coefficient (Wildman–Crippen LogP) is 3.48. The highest BCUT2D eigenvalue weighted by atomic mass is 16.1. The third kappa shape index (κ3) is 2.50. The van der Waals surface area contributed by atoms with Crippen molar-refractivity contribution in [2.24, 2.45) is 7.05 Å². The molecule has 0 unspecified atom stereocenters. The topological polar surface area (TPSA) is 74.5 Å². The molecule has 120 valence electrons. The maximum absolute atomic E-state index is 12.3. The van der Waals surface area contributed by atoms with Crippen molar-refractivity contribution in [3.8, 4) is 6.07 Å². The number of benzene rings is 2. The highest BCUT2D eigenvalue weighted by Crippen LogP contribution is 2.24. The van der Waals surface area contributed by atoms with Gasteiger partial charge in [0, 0.05) is 29.7 Å². The SMILES string of the molecule is Cn1cc(/C=C(/C#N)c2nc3ccccc3c(=O)[nH]2)c2ccccc21. The fraction of sp³-hybridized carbons (Fsp3) is 0.0500. The highest BCUT2D eigenvalue weighted by Gasteiger charge is 2.10. The molecular formula is C20H14N4O. The summed E-state index contributed by atoms with van der Waals surface area (Å²) in [7, 11) is 1.96. The van der Waals surface area contributed by atoms with Crippen molar-refractivity contribution in [1.29, 1.82) is 5.26 Å². The lowest BCUT2D eigenvalue weighted by Gasteiger charge is -2.01. The van der Waals surface area contributed by atoms with E-state index < -0.39 is 0 Å². The van der Waals surface area contributed by atoms with Crippen molar-refractivity contribution in [2.75, 3.05) is 0 Å². The summed E-state index contributed by atoms with van der Waals surface area (Å²) in [6, 6.07) is 17.2. The summed E-state index contributed by atoms with van der Waals surface area (Å²) in [5, 5.41) is 11.1. The van der Waals surface area contributed by atoms with Gasteiger partial charge in [-0.05, 0) is 24.3 Å². The van der Waals surface area contributed by atoms with Crippen LogP contribution in [0.1, 0.15) is 11.4 Å². The number of H-pyrrole nitrogens is 1. The number of aromatic nitrogens is 3. The Balaban J connectivity index is 1.92. The third-order valence-electron chi connectivity index (χ3n) is 4.22. The van der Waals surface area contributed by atoms with Crippen molar-refractivity contribution in [1.82, 2.24) is 14.5 Å². The molecule has 0 bridgehead atoms. The number of hydrogen-bond donors (Lipinski definition) is 1. The Morgan fingerprint density at radius 2 is 1.88 bits per heavy atom. The second-order valence-electron chi connectivity index (χ2n) is 5.81. The largest absolute Gasteiger partial charge is 0.350 e. The second-order valence-corrected chi connectivity index (χ2v) is 5.81. The van der Waals surface area contributed by atoms with Crippen LogP contribution in [-0.4, -0.2) is 14.5 Å². The molecule has 0 saturated carbocycles. The number of nitriles is 1. The molecule has 0 saturated heterocycles. The Bertz CT molecular complexity index is 1240. The molecule has 25 heavy (non-hydrogen) atoms. The van der Waals surface area contributed by atoms with Crippen LogP contribution in [0.2, 0.25) is 0 Å². The summed E-state index contributed by atoms with van der Waals surface area (Å²) in [5.41, 5.74) is 2.62. The lowest BCUT2D eigenvalue weighted by Crippen LogP contribution is -2.11. The lowest BCUT2D eigenvalue weighted by molar-refractivity contribution is 0.968. The van der Waals surface area contributed by atoms with Crippen molar-refractivity contribution >= 4 is 33.5 Å². The normalized spacial score (nSPS) is 11.8. The zero-order valence-corrected chi connectivity index (χ0v) is 13.5. The summed E-state index contributed by atoms with van der Waals surface area (Å²) in [6.45, 7) is 0. The molecule has 5 heteroatoms. The van der Waals surface area contributed by atoms with Crippen molar-refractivity contribution in [3.05, 3.63) is 76.5 Å². The van der Waals surface area contributed by atoms with Gasteiger partial charge in [-0.25, -0.2) is 4.98 Å². The molecule has 0 aliphatic rings. The monoisotopic (exact) mass is 326 g/mol. The minimum Gasteiger partial charge on any atom is -0.350 e. The number of nitrogens with one attached hydrogen (secondary N) is 1. The van der Waals surface area contributed by atoms with Crippen LogP contribution in [0.3, 0.4) is 0 Å². The number of rotatable bonds is 2. The standard InChI is InChI=1S/C20H14N4O/c1-24-12-14(15-6-3-5-9-18(15)24)10-13(11-21)19-22-17-8-4-2-7-16(17)20(25)23-19/h2-10,12H,1H3,(H,22,23,25)/b13-10-. The summed E-state index contributed by atoms with van der Waals surface area (Å²) < 4.78 is 2.01. The zero-order valence-electron chi connectivity index (χ0n) is 13.5. The van der Waals surface area contributed by atoms with E-state index in [1.165, 1.54) is 0 Å². The maximum atomic E-state index is 12.3. The van der Waals surface area contributed by atoms with Gasteiger partial charge in [0.15, 0.2) is 5.82 Å². The molecule has 2 aromatic heterocycles. The fourth-order valence-corrected chi connectivity index (χ4v) is 3.01. The van der Waals surface area contributed by atoms with Gasteiger partial charge in [0.25, 0.3) is 5.56 Å². The Hall–Kier alpha value is -3.65. The summed E-state index contributed by atoms with van der Waals surface area (Å²) in [6.07, 6.45) is 3.72. The summed E-state index contributed by atoms with van der Waals surface area (Å²) in [4.78, 5) is 19.4. The van der Waals surface area contributed by atoms with Gasteiger partial charge < -0.3 is 9.55 Å². The molecule has 0 aliphatic carbocycles. The summed E-state index contributed by atoms with van der Waals surface area (Å²) >= 11 is 0. The molecule has 0 spiro atoms. The van der Waals surface area contributed by atoms with Gasteiger partial charge in [-0.3, -0.25) is 4.79 Å². The average Bonchev–Trinajstić information content (AvgIpc) is 2.96. The van der Waals surface area contributed by atoms with E-state index in [2.05, 4.69) is 16.0 Å². The first-order valence-electron chi connectivity index (χ1n) is 7.82. The molecule has 2 heterocycles. The van der Waals surface area contributed by atoms with E-state index in [0.717, 1.165) is 16.5 Å². The molecule has 0 aliphatic heterocycles. The van der Waals surface area contributed by atoms with Crippen LogP contribution >= 0.6 is 0 Å². The number of aromatic amines is 1. The van der Waals surface area contributed by atoms with E-state index >= 15 is 0 Å². The Morgan fingerprint density at radius 3 is 2.68 bits per heavy atom. The van der Waals surface area contributed by atoms with Crippen molar-refractivity contribution < 1.29 is 0 Å². The average molecular weight is 326 g/mol. The van der Waals surface area contributed by atoms with Gasteiger partial charge in [0.2, 0.25) is 0 Å². The Kier molecular flexibility index (Phi) is 3.44. The van der Waals surface area contributed by atoms with Gasteiger partial charge in [0.05, 0.1) is 16.5 Å². The second kappa shape index (κ2) is 5.77.